The molecule has 2 saturated heterocycles. The smallest absolute Gasteiger partial charge is 0.274 e. The molecule has 2 aromatic rings. The van der Waals surface area contributed by atoms with Crippen LogP contribution in [0, 0.1) is 0 Å². The third-order valence-electron chi connectivity index (χ3n) is 5.22. The number of carbonyl (C=O) groups is 1. The first-order valence-electron chi connectivity index (χ1n) is 8.84. The van der Waals surface area contributed by atoms with Crippen LogP contribution in [0.3, 0.4) is 0 Å². The highest BCUT2D eigenvalue weighted by molar-refractivity contribution is 5.92. The van der Waals surface area contributed by atoms with Gasteiger partial charge in [-0.25, -0.2) is 0 Å². The molecule has 6 heteroatoms. The number of benzene rings is 1. The molecule has 130 valence electrons. The SMILES string of the molecule is C[C@@H]1CN2CCC[C@H]2CN1C(=O)c1ccc(=O)n(-c2ccccc2)n1. The number of piperazine rings is 1. The van der Waals surface area contributed by atoms with Crippen molar-refractivity contribution in [1.29, 1.82) is 0 Å². The lowest BCUT2D eigenvalue weighted by molar-refractivity contribution is 0.0388. The van der Waals surface area contributed by atoms with E-state index in [1.165, 1.54) is 23.2 Å². The first-order chi connectivity index (χ1) is 12.1. The topological polar surface area (TPSA) is 58.4 Å². The molecular weight excluding hydrogens is 316 g/mol. The molecule has 3 heterocycles. The van der Waals surface area contributed by atoms with Crippen LogP contribution in [0.2, 0.25) is 0 Å². The summed E-state index contributed by atoms with van der Waals surface area (Å²) in [5, 5.41) is 4.34. The first kappa shape index (κ1) is 16.0. The predicted octanol–water partition coefficient (Wildman–Crippen LogP) is 1.54. The van der Waals surface area contributed by atoms with Crippen LogP contribution in [0.4, 0.5) is 0 Å². The molecule has 1 aromatic carbocycles. The molecule has 2 aliphatic rings. The molecule has 2 aliphatic heterocycles. The summed E-state index contributed by atoms with van der Waals surface area (Å²) in [5.74, 6) is -0.0938. The van der Waals surface area contributed by atoms with E-state index in [1.54, 1.807) is 0 Å². The molecule has 4 rings (SSSR count). The van der Waals surface area contributed by atoms with E-state index in [0.29, 0.717) is 17.4 Å². The van der Waals surface area contributed by atoms with Crippen molar-refractivity contribution in [2.45, 2.75) is 31.8 Å². The highest BCUT2D eigenvalue weighted by Gasteiger charge is 2.37. The summed E-state index contributed by atoms with van der Waals surface area (Å²) < 4.78 is 1.30. The van der Waals surface area contributed by atoms with E-state index in [0.717, 1.165) is 26.1 Å². The van der Waals surface area contributed by atoms with Gasteiger partial charge in [-0.2, -0.15) is 9.78 Å². The minimum atomic E-state index is -0.239. The number of rotatable bonds is 2. The van der Waals surface area contributed by atoms with Gasteiger partial charge in [-0.1, -0.05) is 18.2 Å². The van der Waals surface area contributed by atoms with Crippen LogP contribution in [-0.4, -0.2) is 57.2 Å². The monoisotopic (exact) mass is 338 g/mol. The number of hydrogen-bond donors (Lipinski definition) is 0. The van der Waals surface area contributed by atoms with Crippen LogP contribution in [0.5, 0.6) is 0 Å². The van der Waals surface area contributed by atoms with Crippen molar-refractivity contribution in [3.63, 3.8) is 0 Å². The van der Waals surface area contributed by atoms with Crippen LogP contribution < -0.4 is 5.56 Å². The van der Waals surface area contributed by atoms with Gasteiger partial charge in [-0.15, -0.1) is 0 Å². The van der Waals surface area contributed by atoms with Gasteiger partial charge in [0.1, 0.15) is 5.69 Å². The Labute approximate surface area is 146 Å². The van der Waals surface area contributed by atoms with Crippen LogP contribution in [0.25, 0.3) is 5.69 Å². The van der Waals surface area contributed by atoms with E-state index in [1.807, 2.05) is 35.2 Å². The van der Waals surface area contributed by atoms with E-state index >= 15 is 0 Å². The lowest BCUT2D eigenvalue weighted by Crippen LogP contribution is -2.57. The van der Waals surface area contributed by atoms with Gasteiger partial charge in [-0.05, 0) is 44.5 Å². The standard InChI is InChI=1S/C19H22N4O2/c1-14-12-21-11-5-8-16(21)13-22(14)19(25)17-9-10-18(24)23(20-17)15-6-3-2-4-7-15/h2-4,6-7,9-10,14,16H,5,8,11-13H2,1H3/t14-,16+/m1/s1. The molecule has 0 bridgehead atoms. The van der Waals surface area contributed by atoms with Gasteiger partial charge >= 0.3 is 0 Å². The molecule has 2 fully saturated rings. The van der Waals surface area contributed by atoms with Crippen molar-refractivity contribution >= 4 is 5.91 Å². The van der Waals surface area contributed by atoms with Crippen LogP contribution >= 0.6 is 0 Å². The Morgan fingerprint density at radius 2 is 1.92 bits per heavy atom. The van der Waals surface area contributed by atoms with Gasteiger partial charge < -0.3 is 4.90 Å². The summed E-state index contributed by atoms with van der Waals surface area (Å²) in [5.41, 5.74) is 0.744. The van der Waals surface area contributed by atoms with Gasteiger partial charge in [0.2, 0.25) is 0 Å². The fraction of sp³-hybridized carbons (Fsp3) is 0.421. The van der Waals surface area contributed by atoms with E-state index in [-0.39, 0.29) is 17.5 Å². The number of para-hydroxylation sites is 1. The maximum atomic E-state index is 13.0. The maximum Gasteiger partial charge on any atom is 0.274 e. The fourth-order valence-corrected chi connectivity index (χ4v) is 3.90. The molecule has 6 nitrogen and oxygen atoms in total. The van der Waals surface area contributed by atoms with Crippen molar-refractivity contribution in [3.8, 4) is 5.69 Å². The summed E-state index contributed by atoms with van der Waals surface area (Å²) in [7, 11) is 0. The molecule has 25 heavy (non-hydrogen) atoms. The number of amides is 1. The van der Waals surface area contributed by atoms with Gasteiger partial charge in [-0.3, -0.25) is 14.5 Å². The third kappa shape index (κ3) is 2.98. The number of fused-ring (bicyclic) bond motifs is 1. The van der Waals surface area contributed by atoms with E-state index in [9.17, 15) is 9.59 Å². The van der Waals surface area contributed by atoms with E-state index in [4.69, 9.17) is 0 Å². The predicted molar refractivity (Wildman–Crippen MR) is 94.9 cm³/mol. The lowest BCUT2D eigenvalue weighted by Gasteiger charge is -2.42. The van der Waals surface area contributed by atoms with Crippen molar-refractivity contribution in [2.75, 3.05) is 19.6 Å². The van der Waals surface area contributed by atoms with Crippen molar-refractivity contribution < 1.29 is 4.79 Å². The van der Waals surface area contributed by atoms with Crippen molar-refractivity contribution in [3.05, 3.63) is 58.5 Å². The number of carbonyl (C=O) groups excluding carboxylic acids is 1. The minimum absolute atomic E-state index is 0.0938. The van der Waals surface area contributed by atoms with E-state index in [2.05, 4.69) is 16.9 Å². The minimum Gasteiger partial charge on any atom is -0.332 e. The zero-order valence-electron chi connectivity index (χ0n) is 14.3. The molecule has 0 N–H and O–H groups in total. The Kier molecular flexibility index (Phi) is 4.13. The van der Waals surface area contributed by atoms with E-state index < -0.39 is 0 Å². The Morgan fingerprint density at radius 1 is 1.12 bits per heavy atom. The highest BCUT2D eigenvalue weighted by atomic mass is 16.2. The zero-order valence-corrected chi connectivity index (χ0v) is 14.3. The second-order valence-corrected chi connectivity index (χ2v) is 6.90. The van der Waals surface area contributed by atoms with Crippen LogP contribution in [0.15, 0.2) is 47.3 Å². The second kappa shape index (κ2) is 6.44. The third-order valence-corrected chi connectivity index (χ3v) is 5.22. The van der Waals surface area contributed by atoms with Gasteiger partial charge in [0.05, 0.1) is 5.69 Å². The zero-order chi connectivity index (χ0) is 17.4. The molecule has 1 amide bonds. The Morgan fingerprint density at radius 3 is 2.72 bits per heavy atom. The summed E-state index contributed by atoms with van der Waals surface area (Å²) in [6, 6.07) is 12.8. The average Bonchev–Trinajstić information content (AvgIpc) is 3.09. The molecule has 2 atom stereocenters. The molecule has 0 spiro atoms. The summed E-state index contributed by atoms with van der Waals surface area (Å²) >= 11 is 0. The van der Waals surface area contributed by atoms with Crippen molar-refractivity contribution in [1.82, 2.24) is 19.6 Å². The van der Waals surface area contributed by atoms with Gasteiger partial charge in [0.25, 0.3) is 11.5 Å². The lowest BCUT2D eigenvalue weighted by atomic mass is 10.1. The summed E-state index contributed by atoms with van der Waals surface area (Å²) in [4.78, 5) is 29.6. The Bertz CT molecular complexity index is 833. The van der Waals surface area contributed by atoms with Crippen molar-refractivity contribution in [2.24, 2.45) is 0 Å². The molecular formula is C19H22N4O2. The highest BCUT2D eigenvalue weighted by Crippen LogP contribution is 2.25. The maximum absolute atomic E-state index is 13.0. The number of nitrogens with zero attached hydrogens (tertiary/aromatic N) is 4. The average molecular weight is 338 g/mol. The first-order valence-corrected chi connectivity index (χ1v) is 8.84. The quantitative estimate of drug-likeness (QED) is 0.833. The molecule has 1 aromatic heterocycles. The number of aromatic nitrogens is 2. The molecule has 0 aliphatic carbocycles. The second-order valence-electron chi connectivity index (χ2n) is 6.90. The largest absolute Gasteiger partial charge is 0.332 e. The Hall–Kier alpha value is -2.47. The number of hydrogen-bond acceptors (Lipinski definition) is 4. The van der Waals surface area contributed by atoms with Gasteiger partial charge in [0, 0.05) is 31.2 Å². The molecule has 0 saturated carbocycles. The fourth-order valence-electron chi connectivity index (χ4n) is 3.90. The molecule has 0 unspecified atom stereocenters. The molecule has 0 radical (unpaired) electrons. The normalized spacial score (nSPS) is 23.5. The Balaban J connectivity index is 1.63. The summed E-state index contributed by atoms with van der Waals surface area (Å²) in [6.45, 7) is 4.87. The van der Waals surface area contributed by atoms with Crippen LogP contribution in [-0.2, 0) is 0 Å². The van der Waals surface area contributed by atoms with Gasteiger partial charge in [0.15, 0.2) is 0 Å². The van der Waals surface area contributed by atoms with Crippen LogP contribution in [0.1, 0.15) is 30.3 Å². The summed E-state index contributed by atoms with van der Waals surface area (Å²) in [6.07, 6.45) is 2.35.